The van der Waals surface area contributed by atoms with Crippen molar-refractivity contribution in [1.82, 2.24) is 5.32 Å². The monoisotopic (exact) mass is 270 g/mol. The Balaban J connectivity index is 2.43. The summed E-state index contributed by atoms with van der Waals surface area (Å²) in [5, 5.41) is 5.07. The third kappa shape index (κ3) is 5.55. The van der Waals surface area contributed by atoms with Crippen LogP contribution in [0.1, 0.15) is 6.92 Å². The van der Waals surface area contributed by atoms with Gasteiger partial charge in [-0.1, -0.05) is 0 Å². The number of hydrogen-bond acceptors (Lipinski definition) is 5. The van der Waals surface area contributed by atoms with E-state index in [-0.39, 0.29) is 5.91 Å². The summed E-state index contributed by atoms with van der Waals surface area (Å²) in [7, 11) is 0. The van der Waals surface area contributed by atoms with Gasteiger partial charge in [0.05, 0.1) is 0 Å². The lowest BCUT2D eigenvalue weighted by Crippen LogP contribution is -2.28. The molecule has 0 aliphatic rings. The molecule has 98 valence electrons. The highest BCUT2D eigenvalue weighted by molar-refractivity contribution is 7.93. The number of nitrogens with one attached hydrogen (secondary N) is 2. The lowest BCUT2D eigenvalue weighted by Gasteiger charge is -2.06. The van der Waals surface area contributed by atoms with Crippen molar-refractivity contribution in [3.8, 4) is 5.75 Å². The molecule has 0 radical (unpaired) electrons. The summed E-state index contributed by atoms with van der Waals surface area (Å²) < 4.78 is 13.4. The molecule has 0 aromatic heterocycles. The average Bonchev–Trinajstić information content (AvgIpc) is 2.31. The lowest BCUT2D eigenvalue weighted by molar-refractivity contribution is -0.114. The molecule has 7 heteroatoms. The number of anilines is 1. The average molecular weight is 270 g/mol. The molecular weight excluding hydrogens is 256 g/mol. The largest absolute Gasteiger partial charge is 0.412 e. The number of carbonyl (C=O) groups excluding carboxylic acids is 2. The highest BCUT2D eigenvalue weighted by Gasteiger charge is 2.03. The van der Waals surface area contributed by atoms with Crippen molar-refractivity contribution in [1.29, 1.82) is 0 Å². The smallest absolute Gasteiger partial charge is 0.410 e. The standard InChI is InChI=1S/C11H14N2O4S/c1-8(14)13-9-2-4-10(5-3-9)17-11(15)12-6-7-18-16/h2-5,16H,6-7H2,1H3,(H,12,15)(H,13,14). The molecule has 1 rings (SSSR count). The fourth-order valence-electron chi connectivity index (χ4n) is 1.15. The molecule has 1 aromatic carbocycles. The predicted octanol–water partition coefficient (Wildman–Crippen LogP) is 1.94. The van der Waals surface area contributed by atoms with Crippen LogP contribution in [0.2, 0.25) is 0 Å². The normalized spacial score (nSPS) is 9.67. The summed E-state index contributed by atoms with van der Waals surface area (Å²) in [5.41, 5.74) is 0.631. The molecule has 3 N–H and O–H groups in total. The summed E-state index contributed by atoms with van der Waals surface area (Å²) in [6, 6.07) is 6.42. The SMILES string of the molecule is CC(=O)Nc1ccc(OC(=O)NCCSO)cc1. The van der Waals surface area contributed by atoms with Gasteiger partial charge in [-0.25, -0.2) is 4.79 Å². The zero-order valence-corrected chi connectivity index (χ0v) is 10.6. The van der Waals surface area contributed by atoms with E-state index in [9.17, 15) is 9.59 Å². The molecule has 0 heterocycles. The topological polar surface area (TPSA) is 87.7 Å². The first-order valence-corrected chi connectivity index (χ1v) is 6.16. The first-order valence-electron chi connectivity index (χ1n) is 5.21. The van der Waals surface area contributed by atoms with Crippen LogP contribution < -0.4 is 15.4 Å². The van der Waals surface area contributed by atoms with E-state index >= 15 is 0 Å². The molecule has 0 spiro atoms. The van der Waals surface area contributed by atoms with Gasteiger partial charge < -0.3 is 19.9 Å². The number of benzene rings is 1. The molecule has 0 aliphatic carbocycles. The predicted molar refractivity (Wildman–Crippen MR) is 69.9 cm³/mol. The summed E-state index contributed by atoms with van der Waals surface area (Å²) in [6.45, 7) is 1.74. The van der Waals surface area contributed by atoms with E-state index in [2.05, 4.69) is 10.6 Å². The van der Waals surface area contributed by atoms with E-state index in [0.717, 1.165) is 0 Å². The van der Waals surface area contributed by atoms with Crippen molar-refractivity contribution >= 4 is 29.7 Å². The molecule has 2 amide bonds. The zero-order valence-electron chi connectivity index (χ0n) is 9.80. The minimum Gasteiger partial charge on any atom is -0.410 e. The fourth-order valence-corrected chi connectivity index (χ4v) is 1.34. The Morgan fingerprint density at radius 1 is 1.33 bits per heavy atom. The van der Waals surface area contributed by atoms with E-state index in [1.165, 1.54) is 6.92 Å². The third-order valence-electron chi connectivity index (χ3n) is 1.85. The molecule has 0 unspecified atom stereocenters. The molecule has 1 aromatic rings. The van der Waals surface area contributed by atoms with Crippen molar-refractivity contribution in [2.24, 2.45) is 0 Å². The molecule has 18 heavy (non-hydrogen) atoms. The minimum absolute atomic E-state index is 0.164. The van der Waals surface area contributed by atoms with Crippen LogP contribution in [0.4, 0.5) is 10.5 Å². The summed E-state index contributed by atoms with van der Waals surface area (Å²) in [6.07, 6.45) is -0.587. The fraction of sp³-hybridized carbons (Fsp3) is 0.273. The second kappa shape index (κ2) is 7.57. The van der Waals surface area contributed by atoms with Crippen LogP contribution in [0.5, 0.6) is 5.75 Å². The number of ether oxygens (including phenoxy) is 1. The van der Waals surface area contributed by atoms with Crippen molar-refractivity contribution < 1.29 is 18.9 Å². The van der Waals surface area contributed by atoms with Gasteiger partial charge in [-0.2, -0.15) is 0 Å². The molecule has 6 nitrogen and oxygen atoms in total. The van der Waals surface area contributed by atoms with Crippen LogP contribution in [-0.2, 0) is 4.79 Å². The Bertz CT molecular complexity index is 408. The van der Waals surface area contributed by atoms with Gasteiger partial charge in [0.2, 0.25) is 5.91 Å². The maximum Gasteiger partial charge on any atom is 0.412 e. The molecular formula is C11H14N2O4S. The van der Waals surface area contributed by atoms with Crippen molar-refractivity contribution in [3.63, 3.8) is 0 Å². The molecule has 0 fully saturated rings. The number of amides is 2. The van der Waals surface area contributed by atoms with Crippen LogP contribution in [0.3, 0.4) is 0 Å². The van der Waals surface area contributed by atoms with Gasteiger partial charge in [0.1, 0.15) is 5.75 Å². The Morgan fingerprint density at radius 2 is 2.00 bits per heavy atom. The zero-order chi connectivity index (χ0) is 13.4. The van der Waals surface area contributed by atoms with Gasteiger partial charge in [0.25, 0.3) is 0 Å². The quantitative estimate of drug-likeness (QED) is 0.562. The Hall–Kier alpha value is -1.73. The second-order valence-electron chi connectivity index (χ2n) is 3.36. The second-order valence-corrected chi connectivity index (χ2v) is 4.02. The van der Waals surface area contributed by atoms with Crippen molar-refractivity contribution in [2.45, 2.75) is 6.92 Å². The van der Waals surface area contributed by atoms with Crippen LogP contribution >= 0.6 is 12.0 Å². The summed E-state index contributed by atoms with van der Waals surface area (Å²) >= 11 is 0.647. The highest BCUT2D eigenvalue weighted by Crippen LogP contribution is 2.15. The third-order valence-corrected chi connectivity index (χ3v) is 2.23. The van der Waals surface area contributed by atoms with E-state index < -0.39 is 6.09 Å². The van der Waals surface area contributed by atoms with E-state index in [1.807, 2.05) is 0 Å². The minimum atomic E-state index is -0.587. The van der Waals surface area contributed by atoms with Crippen molar-refractivity contribution in [3.05, 3.63) is 24.3 Å². The van der Waals surface area contributed by atoms with Gasteiger partial charge in [0, 0.05) is 24.9 Å². The Kier molecular flexibility index (Phi) is 6.03. The van der Waals surface area contributed by atoms with Gasteiger partial charge >= 0.3 is 6.09 Å². The number of carbonyl (C=O) groups is 2. The Morgan fingerprint density at radius 3 is 2.56 bits per heavy atom. The molecule has 0 saturated carbocycles. The number of hydrogen-bond donors (Lipinski definition) is 3. The van der Waals surface area contributed by atoms with Gasteiger partial charge in [-0.15, -0.1) is 0 Å². The van der Waals surface area contributed by atoms with Gasteiger partial charge in [0.15, 0.2) is 0 Å². The van der Waals surface area contributed by atoms with Crippen LogP contribution in [-0.4, -0.2) is 28.9 Å². The van der Waals surface area contributed by atoms with Gasteiger partial charge in [-0.3, -0.25) is 4.79 Å². The summed E-state index contributed by atoms with van der Waals surface area (Å²) in [4.78, 5) is 22.0. The maximum atomic E-state index is 11.3. The van der Waals surface area contributed by atoms with Crippen LogP contribution in [0.15, 0.2) is 24.3 Å². The van der Waals surface area contributed by atoms with Crippen LogP contribution in [0.25, 0.3) is 0 Å². The maximum absolute atomic E-state index is 11.3. The lowest BCUT2D eigenvalue weighted by atomic mass is 10.3. The van der Waals surface area contributed by atoms with Gasteiger partial charge in [-0.05, 0) is 36.3 Å². The van der Waals surface area contributed by atoms with E-state index in [1.54, 1.807) is 24.3 Å². The van der Waals surface area contributed by atoms with Crippen molar-refractivity contribution in [2.75, 3.05) is 17.6 Å². The first-order chi connectivity index (χ1) is 8.61. The number of rotatable bonds is 5. The molecule has 0 aliphatic heterocycles. The van der Waals surface area contributed by atoms with E-state index in [4.69, 9.17) is 9.29 Å². The molecule has 0 saturated heterocycles. The highest BCUT2D eigenvalue weighted by atomic mass is 32.2. The Labute approximate surface area is 109 Å². The summed E-state index contributed by atoms with van der Waals surface area (Å²) in [5.74, 6) is 0.609. The first kappa shape index (κ1) is 14.3. The molecule has 0 atom stereocenters. The molecule has 0 bridgehead atoms. The van der Waals surface area contributed by atoms with E-state index in [0.29, 0.717) is 35.8 Å². The van der Waals surface area contributed by atoms with Crippen LogP contribution in [0, 0.1) is 0 Å².